The zero-order valence-electron chi connectivity index (χ0n) is 12.7. The number of benzene rings is 1. The summed E-state index contributed by atoms with van der Waals surface area (Å²) >= 11 is 0. The van der Waals surface area contributed by atoms with Crippen molar-refractivity contribution in [1.82, 2.24) is 30.6 Å². The Hall–Kier alpha value is -4.06. The molecule has 3 heterocycles. The molecule has 2 N–H and O–H groups in total. The fourth-order valence-electron chi connectivity index (χ4n) is 2.18. The van der Waals surface area contributed by atoms with Crippen molar-refractivity contribution in [3.8, 4) is 17.5 Å². The molecule has 0 fully saturated rings. The number of nitriles is 1. The third-order valence-electron chi connectivity index (χ3n) is 3.39. The summed E-state index contributed by atoms with van der Waals surface area (Å²) in [5.74, 6) is 0.728. The Labute approximate surface area is 141 Å². The molecule has 0 bridgehead atoms. The molecule has 1 aromatic carbocycles. The molecule has 0 aliphatic carbocycles. The lowest BCUT2D eigenvalue weighted by molar-refractivity contribution is 0.619. The lowest BCUT2D eigenvalue weighted by atomic mass is 10.2. The maximum absolute atomic E-state index is 9.13. The molecule has 9 nitrogen and oxygen atoms in total. The van der Waals surface area contributed by atoms with Crippen LogP contribution < -0.4 is 5.32 Å². The van der Waals surface area contributed by atoms with Gasteiger partial charge in [-0.05, 0) is 41.6 Å². The van der Waals surface area contributed by atoms with Crippen LogP contribution in [0.15, 0.2) is 53.2 Å². The van der Waals surface area contributed by atoms with Crippen molar-refractivity contribution >= 4 is 22.5 Å². The second kappa shape index (κ2) is 6.21. The average Bonchev–Trinajstić information content (AvgIpc) is 3.32. The summed E-state index contributed by atoms with van der Waals surface area (Å²) in [6.45, 7) is 0. The number of nitrogens with one attached hydrogen (secondary N) is 2. The summed E-state index contributed by atoms with van der Waals surface area (Å²) in [5.41, 5.74) is 3.09. The minimum Gasteiger partial charge on any atom is -0.434 e. The first-order valence-corrected chi connectivity index (χ1v) is 7.26. The number of aromatic amines is 1. The quantitative estimate of drug-likeness (QED) is 0.546. The molecule has 4 rings (SSSR count). The van der Waals surface area contributed by atoms with Gasteiger partial charge < -0.3 is 9.73 Å². The number of fused-ring (bicyclic) bond motifs is 1. The first-order valence-electron chi connectivity index (χ1n) is 7.26. The molecule has 0 spiro atoms. The highest BCUT2D eigenvalue weighted by Crippen LogP contribution is 2.24. The summed E-state index contributed by atoms with van der Waals surface area (Å²) in [6.07, 6.45) is 3.19. The molecule has 0 radical (unpaired) electrons. The van der Waals surface area contributed by atoms with E-state index >= 15 is 0 Å². The van der Waals surface area contributed by atoms with Crippen LogP contribution in [0.2, 0.25) is 0 Å². The van der Waals surface area contributed by atoms with E-state index in [2.05, 4.69) is 35.9 Å². The van der Waals surface area contributed by atoms with Crippen LogP contribution in [0.3, 0.4) is 0 Å². The number of aromatic nitrogens is 6. The summed E-state index contributed by atoms with van der Waals surface area (Å²) in [5, 5.41) is 25.4. The monoisotopic (exact) mass is 330 g/mol. The molecule has 0 aliphatic rings. The van der Waals surface area contributed by atoms with E-state index in [4.69, 9.17) is 9.68 Å². The zero-order chi connectivity index (χ0) is 17.1. The van der Waals surface area contributed by atoms with Gasteiger partial charge in [-0.25, -0.2) is 4.98 Å². The number of anilines is 1. The number of nitrogens with zero attached hydrogens (tertiary/aromatic N) is 6. The minimum atomic E-state index is 0.227. The number of tetrazole rings is 1. The lowest BCUT2D eigenvalue weighted by Crippen LogP contribution is -1.93. The maximum Gasteiger partial charge on any atom is 0.228 e. The fraction of sp³-hybridized carbons (Fsp3) is 0. The Kier molecular flexibility index (Phi) is 3.61. The van der Waals surface area contributed by atoms with Gasteiger partial charge in [0.05, 0.1) is 0 Å². The molecule has 9 heteroatoms. The number of H-pyrrole nitrogens is 1. The van der Waals surface area contributed by atoms with E-state index in [-0.39, 0.29) is 11.4 Å². The predicted molar refractivity (Wildman–Crippen MR) is 88.6 cm³/mol. The molecule has 4 aromatic rings. The Morgan fingerprint density at radius 3 is 2.84 bits per heavy atom. The van der Waals surface area contributed by atoms with Crippen molar-refractivity contribution in [2.45, 2.75) is 0 Å². The van der Waals surface area contributed by atoms with E-state index in [1.807, 2.05) is 36.4 Å². The Balaban J connectivity index is 1.55. The molecule has 0 saturated carbocycles. The van der Waals surface area contributed by atoms with Gasteiger partial charge in [-0.2, -0.15) is 15.5 Å². The SMILES string of the molecule is N#CC(=CNc1ccc(-c2nc3ncccc3o2)cc1)c1nn[nH]n1. The highest BCUT2D eigenvalue weighted by atomic mass is 16.3. The van der Waals surface area contributed by atoms with Gasteiger partial charge in [0.15, 0.2) is 11.2 Å². The normalized spacial score (nSPS) is 11.4. The Morgan fingerprint density at radius 1 is 1.24 bits per heavy atom. The van der Waals surface area contributed by atoms with Crippen LogP contribution in [-0.2, 0) is 0 Å². The van der Waals surface area contributed by atoms with Crippen molar-refractivity contribution < 1.29 is 4.42 Å². The second-order valence-electron chi connectivity index (χ2n) is 4.97. The fourth-order valence-corrected chi connectivity index (χ4v) is 2.18. The van der Waals surface area contributed by atoms with Gasteiger partial charge in [0.2, 0.25) is 11.7 Å². The van der Waals surface area contributed by atoms with Crippen molar-refractivity contribution in [3.63, 3.8) is 0 Å². The zero-order valence-corrected chi connectivity index (χ0v) is 12.7. The minimum absolute atomic E-state index is 0.227. The molecular weight excluding hydrogens is 320 g/mol. The predicted octanol–water partition coefficient (Wildman–Crippen LogP) is 2.38. The highest BCUT2D eigenvalue weighted by molar-refractivity contribution is 5.75. The van der Waals surface area contributed by atoms with Gasteiger partial charge in [0.1, 0.15) is 11.6 Å². The van der Waals surface area contributed by atoms with E-state index in [1.54, 1.807) is 12.3 Å². The van der Waals surface area contributed by atoms with Crippen molar-refractivity contribution in [1.29, 1.82) is 5.26 Å². The lowest BCUT2D eigenvalue weighted by Gasteiger charge is -2.02. The molecule has 0 saturated heterocycles. The van der Waals surface area contributed by atoms with Crippen LogP contribution in [0.5, 0.6) is 0 Å². The van der Waals surface area contributed by atoms with Crippen LogP contribution >= 0.6 is 0 Å². The van der Waals surface area contributed by atoms with E-state index < -0.39 is 0 Å². The van der Waals surface area contributed by atoms with Crippen LogP contribution in [0.4, 0.5) is 5.69 Å². The van der Waals surface area contributed by atoms with E-state index in [0.717, 1.165) is 11.3 Å². The average molecular weight is 330 g/mol. The molecule has 120 valence electrons. The largest absolute Gasteiger partial charge is 0.434 e. The summed E-state index contributed by atoms with van der Waals surface area (Å²) in [7, 11) is 0. The molecule has 3 aromatic heterocycles. The maximum atomic E-state index is 9.13. The standard InChI is InChI=1S/C16H10N8O/c17-8-11(14-21-23-24-22-14)9-19-12-5-3-10(4-6-12)16-20-15-13(25-16)2-1-7-18-15/h1-7,9,19H,(H,21,22,23,24). The molecular formula is C16H10N8O. The number of hydrogen-bond acceptors (Lipinski definition) is 8. The van der Waals surface area contributed by atoms with Gasteiger partial charge in [0.25, 0.3) is 0 Å². The second-order valence-corrected chi connectivity index (χ2v) is 4.97. The molecule has 0 unspecified atom stereocenters. The van der Waals surface area contributed by atoms with Gasteiger partial charge in [-0.3, -0.25) is 0 Å². The molecule has 0 aliphatic heterocycles. The van der Waals surface area contributed by atoms with Crippen LogP contribution in [0.1, 0.15) is 5.82 Å². The van der Waals surface area contributed by atoms with Gasteiger partial charge in [-0.1, -0.05) is 0 Å². The number of pyridine rings is 1. The summed E-state index contributed by atoms with van der Waals surface area (Å²) in [6, 6.07) is 13.0. The number of allylic oxidation sites excluding steroid dienone is 1. The van der Waals surface area contributed by atoms with Crippen LogP contribution in [0.25, 0.3) is 28.3 Å². The highest BCUT2D eigenvalue weighted by Gasteiger charge is 2.09. The first kappa shape index (κ1) is 14.5. The topological polar surface area (TPSA) is 129 Å². The number of oxazole rings is 1. The number of hydrogen-bond donors (Lipinski definition) is 2. The van der Waals surface area contributed by atoms with Gasteiger partial charge in [0, 0.05) is 23.6 Å². The van der Waals surface area contributed by atoms with E-state index in [1.165, 1.54) is 6.20 Å². The van der Waals surface area contributed by atoms with Crippen molar-refractivity contribution in [2.75, 3.05) is 5.32 Å². The first-order chi connectivity index (χ1) is 12.3. The number of rotatable bonds is 4. The third kappa shape index (κ3) is 2.91. The molecule has 0 atom stereocenters. The third-order valence-corrected chi connectivity index (χ3v) is 3.39. The van der Waals surface area contributed by atoms with Crippen molar-refractivity contribution in [2.24, 2.45) is 0 Å². The molecule has 25 heavy (non-hydrogen) atoms. The van der Waals surface area contributed by atoms with Gasteiger partial charge >= 0.3 is 0 Å². The Bertz CT molecular complexity index is 1040. The summed E-state index contributed by atoms with van der Waals surface area (Å²) in [4.78, 5) is 8.51. The van der Waals surface area contributed by atoms with Crippen LogP contribution in [0, 0.1) is 11.3 Å². The van der Waals surface area contributed by atoms with E-state index in [9.17, 15) is 0 Å². The van der Waals surface area contributed by atoms with E-state index in [0.29, 0.717) is 17.1 Å². The van der Waals surface area contributed by atoms with Crippen molar-refractivity contribution in [3.05, 3.63) is 54.6 Å². The smallest absolute Gasteiger partial charge is 0.228 e. The summed E-state index contributed by atoms with van der Waals surface area (Å²) < 4.78 is 5.68. The van der Waals surface area contributed by atoms with Gasteiger partial charge in [-0.15, -0.1) is 10.2 Å². The molecule has 0 amide bonds. The van der Waals surface area contributed by atoms with Crippen LogP contribution in [-0.4, -0.2) is 30.6 Å². The Morgan fingerprint density at radius 2 is 2.12 bits per heavy atom.